The molecule has 2 aromatic rings. The molecule has 1 aromatic heterocycles. The van der Waals surface area contributed by atoms with Crippen LogP contribution in [-0.2, 0) is 24.1 Å². The maximum absolute atomic E-state index is 13.1. The third-order valence-corrected chi connectivity index (χ3v) is 10.6. The number of hydrogen-bond acceptors (Lipinski definition) is 4. The van der Waals surface area contributed by atoms with Gasteiger partial charge in [0.15, 0.2) is 0 Å². The smallest absolute Gasteiger partial charge is 0.311 e. The maximum atomic E-state index is 13.1. The largest absolute Gasteiger partial charge is 0.426 e. The van der Waals surface area contributed by atoms with Crippen LogP contribution in [0.4, 0.5) is 0 Å². The molecule has 2 aliphatic rings. The van der Waals surface area contributed by atoms with Crippen molar-refractivity contribution >= 4 is 17.3 Å². The second-order valence-electron chi connectivity index (χ2n) is 11.9. The van der Waals surface area contributed by atoms with Gasteiger partial charge in [-0.2, -0.15) is 0 Å². The van der Waals surface area contributed by atoms with E-state index in [0.717, 1.165) is 68.7 Å². The zero-order chi connectivity index (χ0) is 26.9. The minimum atomic E-state index is -0.0357. The molecule has 0 aliphatic heterocycles. The Morgan fingerprint density at radius 2 is 1.79 bits per heavy atom. The number of benzene rings is 1. The standard InChI is InChI=1S/C34H51NO2S/c1-5-19-35(20-18-30-12-10-21-38-30)29-14-15-32-28(24-29)11-9-13-33(32)37-34(36)17-16-31-26(7-3)22-25(6-2)23-27(31)8-4/h9-13,21,25-27,29,31H,5-8,14-20,22-24H2,1-4H3. The van der Waals surface area contributed by atoms with Crippen molar-refractivity contribution in [2.75, 3.05) is 13.1 Å². The van der Waals surface area contributed by atoms with Crippen LogP contribution in [0.25, 0.3) is 0 Å². The summed E-state index contributed by atoms with van der Waals surface area (Å²) < 4.78 is 6.07. The van der Waals surface area contributed by atoms with E-state index in [9.17, 15) is 4.79 Å². The van der Waals surface area contributed by atoms with Gasteiger partial charge in [0.1, 0.15) is 5.75 Å². The van der Waals surface area contributed by atoms with Gasteiger partial charge in [-0.15, -0.1) is 11.3 Å². The van der Waals surface area contributed by atoms with Gasteiger partial charge in [-0.3, -0.25) is 9.69 Å². The van der Waals surface area contributed by atoms with Crippen molar-refractivity contribution in [3.8, 4) is 5.75 Å². The molecule has 2 aliphatic carbocycles. The highest BCUT2D eigenvalue weighted by Gasteiger charge is 2.35. The average molecular weight is 538 g/mol. The highest BCUT2D eigenvalue weighted by atomic mass is 32.1. The molecule has 0 N–H and O–H groups in total. The van der Waals surface area contributed by atoms with Gasteiger partial charge < -0.3 is 4.74 Å². The van der Waals surface area contributed by atoms with Crippen LogP contribution in [-0.4, -0.2) is 30.0 Å². The molecule has 0 amide bonds. The number of carbonyl (C=O) groups is 1. The molecule has 0 radical (unpaired) electrons. The number of thiophene rings is 1. The number of rotatable bonds is 13. The van der Waals surface area contributed by atoms with E-state index in [4.69, 9.17) is 4.74 Å². The van der Waals surface area contributed by atoms with Gasteiger partial charge in [-0.25, -0.2) is 0 Å². The molecule has 0 saturated heterocycles. The molecule has 1 heterocycles. The average Bonchev–Trinajstić information content (AvgIpc) is 3.47. The van der Waals surface area contributed by atoms with Crippen LogP contribution in [0.2, 0.25) is 0 Å². The Hall–Kier alpha value is -1.65. The summed E-state index contributed by atoms with van der Waals surface area (Å²) in [5.74, 6) is 3.85. The van der Waals surface area contributed by atoms with Crippen molar-refractivity contribution in [1.29, 1.82) is 0 Å². The molecule has 0 spiro atoms. The predicted molar refractivity (Wildman–Crippen MR) is 161 cm³/mol. The summed E-state index contributed by atoms with van der Waals surface area (Å²) in [5, 5.41) is 2.18. The molecule has 38 heavy (non-hydrogen) atoms. The molecule has 1 saturated carbocycles. The van der Waals surface area contributed by atoms with Crippen LogP contribution in [0.15, 0.2) is 35.7 Å². The van der Waals surface area contributed by atoms with Crippen molar-refractivity contribution < 1.29 is 9.53 Å². The molecule has 4 rings (SSSR count). The summed E-state index contributed by atoms with van der Waals surface area (Å²) >= 11 is 1.87. The van der Waals surface area contributed by atoms with E-state index in [0.29, 0.717) is 18.4 Å². The predicted octanol–water partition coefficient (Wildman–Crippen LogP) is 8.73. The van der Waals surface area contributed by atoms with Gasteiger partial charge in [0.2, 0.25) is 0 Å². The fourth-order valence-corrected chi connectivity index (χ4v) is 8.22. The second-order valence-corrected chi connectivity index (χ2v) is 12.9. The van der Waals surface area contributed by atoms with E-state index in [1.54, 1.807) is 0 Å². The van der Waals surface area contributed by atoms with Gasteiger partial charge in [0.25, 0.3) is 0 Å². The lowest BCUT2D eigenvalue weighted by Crippen LogP contribution is -2.41. The molecule has 0 bridgehead atoms. The molecule has 3 unspecified atom stereocenters. The SMILES string of the molecule is CCCN(CCc1cccs1)C1CCc2c(cccc2OC(=O)CCC2C(CC)CC(CC)CC2CC)C1. The van der Waals surface area contributed by atoms with Gasteiger partial charge in [-0.1, -0.05) is 65.2 Å². The third-order valence-electron chi connectivity index (χ3n) is 9.68. The minimum Gasteiger partial charge on any atom is -0.426 e. The molecular weight excluding hydrogens is 486 g/mol. The molecule has 1 fully saturated rings. The van der Waals surface area contributed by atoms with E-state index in [2.05, 4.69) is 62.2 Å². The second kappa shape index (κ2) is 14.7. The van der Waals surface area contributed by atoms with Gasteiger partial charge in [0, 0.05) is 23.9 Å². The van der Waals surface area contributed by atoms with Crippen LogP contribution >= 0.6 is 11.3 Å². The summed E-state index contributed by atoms with van der Waals surface area (Å²) in [6, 6.07) is 11.4. The summed E-state index contributed by atoms with van der Waals surface area (Å²) in [6.45, 7) is 11.6. The van der Waals surface area contributed by atoms with E-state index < -0.39 is 0 Å². The Kier molecular flexibility index (Phi) is 11.3. The Labute approximate surface area is 236 Å². The zero-order valence-electron chi connectivity index (χ0n) is 24.4. The fourth-order valence-electron chi connectivity index (χ4n) is 7.52. The van der Waals surface area contributed by atoms with E-state index in [1.807, 2.05) is 17.4 Å². The van der Waals surface area contributed by atoms with Crippen molar-refractivity contribution in [3.63, 3.8) is 0 Å². The number of esters is 1. The monoisotopic (exact) mass is 537 g/mol. The Balaban J connectivity index is 1.35. The lowest BCUT2D eigenvalue weighted by Gasteiger charge is -2.41. The lowest BCUT2D eigenvalue weighted by atomic mass is 9.64. The molecule has 3 atom stereocenters. The van der Waals surface area contributed by atoms with Crippen molar-refractivity contribution in [2.45, 2.75) is 111 Å². The summed E-state index contributed by atoms with van der Waals surface area (Å²) in [7, 11) is 0. The van der Waals surface area contributed by atoms with Gasteiger partial charge >= 0.3 is 5.97 Å². The lowest BCUT2D eigenvalue weighted by molar-refractivity contribution is -0.135. The normalized spacial score (nSPS) is 25.3. The zero-order valence-corrected chi connectivity index (χ0v) is 25.2. The fraction of sp³-hybridized carbons (Fsp3) is 0.676. The first-order valence-electron chi connectivity index (χ1n) is 15.6. The topological polar surface area (TPSA) is 29.5 Å². The van der Waals surface area contributed by atoms with Crippen molar-refractivity contribution in [2.24, 2.45) is 23.7 Å². The van der Waals surface area contributed by atoms with Crippen molar-refractivity contribution in [1.82, 2.24) is 4.90 Å². The summed E-state index contributed by atoms with van der Waals surface area (Å²) in [6.07, 6.45) is 13.5. The Morgan fingerprint density at radius 3 is 2.45 bits per heavy atom. The van der Waals surface area contributed by atoms with Crippen LogP contribution in [0.3, 0.4) is 0 Å². The highest BCUT2D eigenvalue weighted by Crippen LogP contribution is 2.44. The minimum absolute atomic E-state index is 0.0357. The first-order chi connectivity index (χ1) is 18.6. The Bertz CT molecular complexity index is 972. The highest BCUT2D eigenvalue weighted by molar-refractivity contribution is 7.09. The van der Waals surface area contributed by atoms with E-state index >= 15 is 0 Å². The van der Waals surface area contributed by atoms with Crippen LogP contribution in [0, 0.1) is 23.7 Å². The number of fused-ring (bicyclic) bond motifs is 1. The molecule has 1 aromatic carbocycles. The summed E-state index contributed by atoms with van der Waals surface area (Å²) in [5.41, 5.74) is 2.65. The number of hydrogen-bond donors (Lipinski definition) is 0. The first kappa shape index (κ1) is 29.3. The van der Waals surface area contributed by atoms with Crippen molar-refractivity contribution in [3.05, 3.63) is 51.7 Å². The van der Waals surface area contributed by atoms with Gasteiger partial charge in [0.05, 0.1) is 0 Å². The van der Waals surface area contributed by atoms with Gasteiger partial charge in [-0.05, 0) is 110 Å². The number of ether oxygens (including phenoxy) is 1. The molecule has 4 heteroatoms. The Morgan fingerprint density at radius 1 is 1.00 bits per heavy atom. The number of carbonyl (C=O) groups excluding carboxylic acids is 1. The quantitative estimate of drug-likeness (QED) is 0.189. The maximum Gasteiger partial charge on any atom is 0.311 e. The third kappa shape index (κ3) is 7.50. The molecule has 3 nitrogen and oxygen atoms in total. The van der Waals surface area contributed by atoms with Crippen LogP contribution < -0.4 is 4.74 Å². The van der Waals surface area contributed by atoms with Crippen LogP contribution in [0.5, 0.6) is 5.75 Å². The van der Waals surface area contributed by atoms with Crippen LogP contribution in [0.1, 0.15) is 101 Å². The molecular formula is C34H51NO2S. The van der Waals surface area contributed by atoms with E-state index in [-0.39, 0.29) is 5.97 Å². The number of nitrogens with zero attached hydrogens (tertiary/aromatic N) is 1. The summed E-state index contributed by atoms with van der Waals surface area (Å²) in [4.78, 5) is 17.3. The van der Waals surface area contributed by atoms with E-state index in [1.165, 1.54) is 54.5 Å². The first-order valence-corrected chi connectivity index (χ1v) is 16.5. The molecule has 210 valence electrons.